The molecule has 2 aromatic carbocycles. The predicted octanol–water partition coefficient (Wildman–Crippen LogP) is 4.91. The third kappa shape index (κ3) is 4.95. The maximum Gasteiger partial charge on any atom is 0.335 e. The van der Waals surface area contributed by atoms with Gasteiger partial charge in [0.25, 0.3) is 5.69 Å². The number of ketones is 1. The van der Waals surface area contributed by atoms with Crippen LogP contribution < -0.4 is 0 Å². The zero-order valence-corrected chi connectivity index (χ0v) is 15.7. The molecule has 0 amide bonds. The molecule has 0 saturated carbocycles. The second kappa shape index (κ2) is 9.14. The number of Topliss-reactive ketones (excluding diaryl/α,β-unsaturated/α-hetero) is 1. The molecule has 7 heteroatoms. The van der Waals surface area contributed by atoms with Crippen LogP contribution in [0.5, 0.6) is 0 Å². The standard InChI is InChI=1S/C21H17NO5S/c23-17-10-6-11-18(27-20(24)14-13-15-7-2-1-3-8-15)21(17)28-19-12-5-4-9-16(19)22(25)26/h1-5,7-9,12-14H,6,10-11H2/b14-13+. The molecule has 0 fully saturated rings. The summed E-state index contributed by atoms with van der Waals surface area (Å²) in [6.07, 6.45) is 4.26. The van der Waals surface area contributed by atoms with E-state index in [0.717, 1.165) is 17.3 Å². The van der Waals surface area contributed by atoms with Gasteiger partial charge in [-0.2, -0.15) is 0 Å². The SMILES string of the molecule is O=C(/C=C/c1ccccc1)OC1=C(Sc2ccccc2[N+](=O)[O-])C(=O)CCC1. The van der Waals surface area contributed by atoms with E-state index >= 15 is 0 Å². The summed E-state index contributed by atoms with van der Waals surface area (Å²) in [7, 11) is 0. The van der Waals surface area contributed by atoms with Crippen LogP contribution in [0.25, 0.3) is 6.08 Å². The Hall–Kier alpha value is -3.19. The number of benzene rings is 2. The van der Waals surface area contributed by atoms with Crippen LogP contribution in [0, 0.1) is 10.1 Å². The van der Waals surface area contributed by atoms with Crippen LogP contribution in [0.3, 0.4) is 0 Å². The number of hydrogen-bond acceptors (Lipinski definition) is 6. The Labute approximate surface area is 166 Å². The Morgan fingerprint density at radius 1 is 1.07 bits per heavy atom. The highest BCUT2D eigenvalue weighted by Crippen LogP contribution is 2.39. The van der Waals surface area contributed by atoms with Gasteiger partial charge in [0, 0.05) is 25.0 Å². The van der Waals surface area contributed by atoms with E-state index < -0.39 is 10.9 Å². The number of ether oxygens (including phenoxy) is 1. The largest absolute Gasteiger partial charge is 0.427 e. The Morgan fingerprint density at radius 3 is 2.54 bits per heavy atom. The van der Waals surface area contributed by atoms with Crippen molar-refractivity contribution in [1.82, 2.24) is 0 Å². The molecule has 28 heavy (non-hydrogen) atoms. The third-order valence-corrected chi connectivity index (χ3v) is 5.25. The number of thioether (sulfide) groups is 1. The van der Waals surface area contributed by atoms with Crippen molar-refractivity contribution < 1.29 is 19.2 Å². The second-order valence-electron chi connectivity index (χ2n) is 6.02. The van der Waals surface area contributed by atoms with Crippen LogP contribution in [0.1, 0.15) is 24.8 Å². The topological polar surface area (TPSA) is 86.5 Å². The van der Waals surface area contributed by atoms with Gasteiger partial charge in [-0.25, -0.2) is 4.79 Å². The maximum atomic E-state index is 12.4. The van der Waals surface area contributed by atoms with Gasteiger partial charge in [0.1, 0.15) is 5.76 Å². The van der Waals surface area contributed by atoms with E-state index in [4.69, 9.17) is 4.74 Å². The van der Waals surface area contributed by atoms with Crippen LogP contribution >= 0.6 is 11.8 Å². The summed E-state index contributed by atoms with van der Waals surface area (Å²) >= 11 is 0.979. The summed E-state index contributed by atoms with van der Waals surface area (Å²) in [6, 6.07) is 15.5. The quantitative estimate of drug-likeness (QED) is 0.299. The first-order chi connectivity index (χ1) is 13.5. The fraction of sp³-hybridized carbons (Fsp3) is 0.143. The molecule has 0 heterocycles. The lowest BCUT2D eigenvalue weighted by molar-refractivity contribution is -0.387. The number of nitro benzene ring substituents is 1. The van der Waals surface area contributed by atoms with Crippen molar-refractivity contribution in [2.45, 2.75) is 24.2 Å². The number of hydrogen-bond donors (Lipinski definition) is 0. The summed E-state index contributed by atoms with van der Waals surface area (Å²) in [5.41, 5.74) is 0.760. The van der Waals surface area contributed by atoms with Gasteiger partial charge in [0.15, 0.2) is 5.78 Å². The van der Waals surface area contributed by atoms with Crippen molar-refractivity contribution in [3.8, 4) is 0 Å². The number of carbonyl (C=O) groups is 2. The van der Waals surface area contributed by atoms with Gasteiger partial charge in [-0.15, -0.1) is 0 Å². The van der Waals surface area contributed by atoms with E-state index in [1.165, 1.54) is 12.1 Å². The number of nitrogens with zero attached hydrogens (tertiary/aromatic N) is 1. The molecule has 0 aromatic heterocycles. The first-order valence-electron chi connectivity index (χ1n) is 8.67. The fourth-order valence-corrected chi connectivity index (χ4v) is 3.78. The Kier molecular flexibility index (Phi) is 6.39. The number of esters is 1. The lowest BCUT2D eigenvalue weighted by Gasteiger charge is -2.18. The Morgan fingerprint density at radius 2 is 1.79 bits per heavy atom. The molecule has 0 aliphatic heterocycles. The summed E-state index contributed by atoms with van der Waals surface area (Å²) < 4.78 is 5.41. The molecular formula is C21H17NO5S. The van der Waals surface area contributed by atoms with Crippen LogP contribution in [0.2, 0.25) is 0 Å². The van der Waals surface area contributed by atoms with Crippen LogP contribution in [-0.4, -0.2) is 16.7 Å². The first kappa shape index (κ1) is 19.6. The molecule has 0 N–H and O–H groups in total. The molecule has 0 unspecified atom stereocenters. The minimum Gasteiger partial charge on any atom is -0.427 e. The van der Waals surface area contributed by atoms with Gasteiger partial charge < -0.3 is 4.74 Å². The van der Waals surface area contributed by atoms with E-state index in [1.807, 2.05) is 30.3 Å². The number of carbonyl (C=O) groups excluding carboxylic acids is 2. The molecule has 2 aromatic rings. The third-order valence-electron chi connectivity index (χ3n) is 4.02. The average Bonchev–Trinajstić information content (AvgIpc) is 2.70. The molecule has 0 atom stereocenters. The zero-order valence-electron chi connectivity index (χ0n) is 14.9. The zero-order chi connectivity index (χ0) is 19.9. The van der Waals surface area contributed by atoms with E-state index in [9.17, 15) is 19.7 Å². The molecular weight excluding hydrogens is 378 g/mol. The van der Waals surface area contributed by atoms with Gasteiger partial charge in [-0.3, -0.25) is 14.9 Å². The fourth-order valence-electron chi connectivity index (χ4n) is 2.69. The van der Waals surface area contributed by atoms with Gasteiger partial charge in [-0.05, 0) is 24.1 Å². The minimum absolute atomic E-state index is 0.0898. The number of para-hydroxylation sites is 1. The lowest BCUT2D eigenvalue weighted by atomic mass is 10.0. The summed E-state index contributed by atoms with van der Waals surface area (Å²) in [6.45, 7) is 0. The van der Waals surface area contributed by atoms with Crippen molar-refractivity contribution in [2.24, 2.45) is 0 Å². The molecule has 1 aliphatic rings. The summed E-state index contributed by atoms with van der Waals surface area (Å²) in [4.78, 5) is 35.9. The van der Waals surface area contributed by atoms with E-state index in [2.05, 4.69) is 0 Å². The first-order valence-corrected chi connectivity index (χ1v) is 9.49. The monoisotopic (exact) mass is 395 g/mol. The van der Waals surface area contributed by atoms with Crippen molar-refractivity contribution in [3.05, 3.63) is 87.0 Å². The number of nitro groups is 1. The van der Waals surface area contributed by atoms with Gasteiger partial charge in [0.2, 0.25) is 0 Å². The highest BCUT2D eigenvalue weighted by atomic mass is 32.2. The second-order valence-corrected chi connectivity index (χ2v) is 7.07. The molecule has 0 bridgehead atoms. The van der Waals surface area contributed by atoms with E-state index in [0.29, 0.717) is 24.2 Å². The number of rotatable bonds is 6. The molecule has 142 valence electrons. The van der Waals surface area contributed by atoms with Gasteiger partial charge in [0.05, 0.1) is 14.7 Å². The summed E-state index contributed by atoms with van der Waals surface area (Å²) in [5, 5.41) is 11.2. The molecule has 0 spiro atoms. The summed E-state index contributed by atoms with van der Waals surface area (Å²) in [5.74, 6) is -0.499. The highest BCUT2D eigenvalue weighted by molar-refractivity contribution is 8.04. The average molecular weight is 395 g/mol. The highest BCUT2D eigenvalue weighted by Gasteiger charge is 2.26. The van der Waals surface area contributed by atoms with Crippen LogP contribution in [0.15, 0.2) is 76.2 Å². The van der Waals surface area contributed by atoms with Crippen molar-refractivity contribution >= 4 is 35.3 Å². The minimum atomic E-state index is -0.589. The van der Waals surface area contributed by atoms with Crippen molar-refractivity contribution in [1.29, 1.82) is 0 Å². The van der Waals surface area contributed by atoms with Crippen LogP contribution in [0.4, 0.5) is 5.69 Å². The molecule has 3 rings (SSSR count). The molecule has 0 saturated heterocycles. The van der Waals surface area contributed by atoms with E-state index in [1.54, 1.807) is 24.3 Å². The van der Waals surface area contributed by atoms with Gasteiger partial charge >= 0.3 is 5.97 Å². The van der Waals surface area contributed by atoms with Gasteiger partial charge in [-0.1, -0.05) is 54.2 Å². The Balaban J connectivity index is 1.82. The lowest BCUT2D eigenvalue weighted by Crippen LogP contribution is -2.13. The molecule has 0 radical (unpaired) electrons. The maximum absolute atomic E-state index is 12.4. The molecule has 6 nitrogen and oxygen atoms in total. The number of allylic oxidation sites excluding steroid dienone is 2. The smallest absolute Gasteiger partial charge is 0.335 e. The van der Waals surface area contributed by atoms with E-state index in [-0.39, 0.29) is 22.1 Å². The Bertz CT molecular complexity index is 966. The van der Waals surface area contributed by atoms with Crippen LogP contribution in [-0.2, 0) is 14.3 Å². The predicted molar refractivity (Wildman–Crippen MR) is 106 cm³/mol. The normalized spacial score (nSPS) is 14.4. The molecule has 1 aliphatic carbocycles. The van der Waals surface area contributed by atoms with Crippen molar-refractivity contribution in [2.75, 3.05) is 0 Å². The van der Waals surface area contributed by atoms with Crippen molar-refractivity contribution in [3.63, 3.8) is 0 Å².